The van der Waals surface area contributed by atoms with Gasteiger partial charge in [-0.05, 0) is 44.4 Å². The lowest BCUT2D eigenvalue weighted by molar-refractivity contribution is -0.116. The maximum atomic E-state index is 12.0. The van der Waals surface area contributed by atoms with E-state index >= 15 is 0 Å². The van der Waals surface area contributed by atoms with E-state index in [1.54, 1.807) is 31.2 Å². The molecule has 0 fully saturated rings. The van der Waals surface area contributed by atoms with Gasteiger partial charge in [0, 0.05) is 12.1 Å². The van der Waals surface area contributed by atoms with E-state index in [2.05, 4.69) is 11.9 Å². The summed E-state index contributed by atoms with van der Waals surface area (Å²) in [5.41, 5.74) is 1.09. The van der Waals surface area contributed by atoms with Crippen molar-refractivity contribution < 1.29 is 14.3 Å². The van der Waals surface area contributed by atoms with Crippen molar-refractivity contribution in [2.45, 2.75) is 58.3 Å². The number of anilines is 1. The monoisotopic (exact) mass is 331 g/mol. The zero-order chi connectivity index (χ0) is 17.6. The Morgan fingerprint density at radius 1 is 1.12 bits per heavy atom. The third-order valence-electron chi connectivity index (χ3n) is 3.72. The molecule has 1 N–H and O–H groups in total. The maximum Gasteiger partial charge on any atom is 0.338 e. The molecule has 0 heterocycles. The second kappa shape index (κ2) is 12.3. The van der Waals surface area contributed by atoms with Gasteiger partial charge in [-0.15, -0.1) is 6.58 Å². The van der Waals surface area contributed by atoms with Crippen LogP contribution in [0.2, 0.25) is 0 Å². The minimum atomic E-state index is -0.370. The van der Waals surface area contributed by atoms with E-state index in [4.69, 9.17) is 4.74 Å². The third-order valence-corrected chi connectivity index (χ3v) is 3.72. The summed E-state index contributed by atoms with van der Waals surface area (Å²) >= 11 is 0. The van der Waals surface area contributed by atoms with Crippen molar-refractivity contribution in [3.8, 4) is 0 Å². The molecule has 0 saturated carbocycles. The molecule has 0 aliphatic carbocycles. The van der Waals surface area contributed by atoms with Gasteiger partial charge >= 0.3 is 5.97 Å². The average Bonchev–Trinajstić information content (AvgIpc) is 2.57. The zero-order valence-electron chi connectivity index (χ0n) is 14.7. The highest BCUT2D eigenvalue weighted by molar-refractivity contribution is 5.94. The Labute approximate surface area is 145 Å². The van der Waals surface area contributed by atoms with Crippen LogP contribution < -0.4 is 5.32 Å². The molecule has 0 aliphatic heterocycles. The van der Waals surface area contributed by atoms with Crippen LogP contribution in [0.5, 0.6) is 0 Å². The molecule has 0 radical (unpaired) electrons. The fourth-order valence-corrected chi connectivity index (χ4v) is 2.44. The Bertz CT molecular complexity index is 525. The minimum Gasteiger partial charge on any atom is -0.462 e. The van der Waals surface area contributed by atoms with Gasteiger partial charge in [-0.1, -0.05) is 37.8 Å². The summed E-state index contributed by atoms with van der Waals surface area (Å²) in [6.45, 7) is 5.82. The highest BCUT2D eigenvalue weighted by Crippen LogP contribution is 2.13. The van der Waals surface area contributed by atoms with Crippen molar-refractivity contribution in [2.24, 2.45) is 0 Å². The molecule has 1 amide bonds. The van der Waals surface area contributed by atoms with Gasteiger partial charge in [0.1, 0.15) is 0 Å². The normalized spacial score (nSPS) is 10.2. The molecule has 0 atom stereocenters. The standard InChI is InChI=1S/C20H29NO3/c1-3-5-6-7-8-9-10-11-15-19(22)21-18-14-12-13-17(16-18)20(23)24-4-2/h3,12-14,16H,1,4-11,15H2,2H3,(H,21,22). The summed E-state index contributed by atoms with van der Waals surface area (Å²) in [6.07, 6.45) is 10.4. The predicted molar refractivity (Wildman–Crippen MR) is 98.2 cm³/mol. The van der Waals surface area contributed by atoms with Crippen molar-refractivity contribution in [1.29, 1.82) is 0 Å². The molecule has 0 saturated heterocycles. The Hall–Kier alpha value is -2.10. The van der Waals surface area contributed by atoms with Crippen LogP contribution >= 0.6 is 0 Å². The number of ether oxygens (including phenoxy) is 1. The number of rotatable bonds is 12. The number of esters is 1. The molecule has 0 spiro atoms. The largest absolute Gasteiger partial charge is 0.462 e. The van der Waals surface area contributed by atoms with Crippen LogP contribution in [0.4, 0.5) is 5.69 Å². The summed E-state index contributed by atoms with van der Waals surface area (Å²) in [6, 6.07) is 6.85. The van der Waals surface area contributed by atoms with Crippen molar-refractivity contribution in [1.82, 2.24) is 0 Å². The summed E-state index contributed by atoms with van der Waals surface area (Å²) < 4.78 is 4.96. The SMILES string of the molecule is C=CCCCCCCCCC(=O)Nc1cccc(C(=O)OCC)c1. The quantitative estimate of drug-likeness (QED) is 0.329. The Balaban J connectivity index is 2.24. The van der Waals surface area contributed by atoms with Crippen LogP contribution in [0.1, 0.15) is 68.6 Å². The first-order valence-corrected chi connectivity index (χ1v) is 8.85. The van der Waals surface area contributed by atoms with E-state index in [-0.39, 0.29) is 11.9 Å². The zero-order valence-corrected chi connectivity index (χ0v) is 14.7. The predicted octanol–water partition coefficient (Wildman–Crippen LogP) is 5.11. The molecule has 1 aromatic carbocycles. The van der Waals surface area contributed by atoms with Crippen LogP contribution in [0.25, 0.3) is 0 Å². The average molecular weight is 331 g/mol. The van der Waals surface area contributed by atoms with E-state index in [9.17, 15) is 9.59 Å². The number of hydrogen-bond acceptors (Lipinski definition) is 3. The third kappa shape index (κ3) is 8.51. The van der Waals surface area contributed by atoms with Gasteiger partial charge < -0.3 is 10.1 Å². The number of hydrogen-bond donors (Lipinski definition) is 1. The summed E-state index contributed by atoms with van der Waals surface area (Å²) in [5, 5.41) is 2.84. The Morgan fingerprint density at radius 3 is 2.54 bits per heavy atom. The first kappa shape index (κ1) is 19.9. The smallest absolute Gasteiger partial charge is 0.338 e. The molecule has 0 unspecified atom stereocenters. The van der Waals surface area contributed by atoms with Crippen molar-refractivity contribution >= 4 is 17.6 Å². The number of amides is 1. The Morgan fingerprint density at radius 2 is 1.83 bits per heavy atom. The van der Waals surface area contributed by atoms with Crippen LogP contribution in [-0.4, -0.2) is 18.5 Å². The van der Waals surface area contributed by atoms with Crippen molar-refractivity contribution in [3.63, 3.8) is 0 Å². The molecule has 132 valence electrons. The van der Waals surface area contributed by atoms with Crippen LogP contribution in [0, 0.1) is 0 Å². The lowest BCUT2D eigenvalue weighted by Gasteiger charge is -2.07. The van der Waals surface area contributed by atoms with Crippen LogP contribution in [0.3, 0.4) is 0 Å². The molecule has 1 aromatic rings. The molecule has 4 heteroatoms. The fourth-order valence-electron chi connectivity index (χ4n) is 2.44. The van der Waals surface area contributed by atoms with Crippen LogP contribution in [-0.2, 0) is 9.53 Å². The van der Waals surface area contributed by atoms with Gasteiger partial charge in [0.05, 0.1) is 12.2 Å². The maximum absolute atomic E-state index is 12.0. The number of nitrogens with one attached hydrogen (secondary N) is 1. The topological polar surface area (TPSA) is 55.4 Å². The van der Waals surface area contributed by atoms with Gasteiger partial charge in [0.15, 0.2) is 0 Å². The molecule has 24 heavy (non-hydrogen) atoms. The van der Waals surface area contributed by atoms with Crippen LogP contribution in [0.15, 0.2) is 36.9 Å². The molecule has 0 bridgehead atoms. The van der Waals surface area contributed by atoms with Gasteiger partial charge in [-0.25, -0.2) is 4.79 Å². The fraction of sp³-hybridized carbons (Fsp3) is 0.500. The summed E-state index contributed by atoms with van der Waals surface area (Å²) in [7, 11) is 0. The van der Waals surface area contributed by atoms with Gasteiger partial charge in [0.2, 0.25) is 5.91 Å². The summed E-state index contributed by atoms with van der Waals surface area (Å²) in [4.78, 5) is 23.6. The van der Waals surface area contributed by atoms with E-state index in [0.29, 0.717) is 24.3 Å². The van der Waals surface area contributed by atoms with E-state index < -0.39 is 0 Å². The van der Waals surface area contributed by atoms with Gasteiger partial charge in [0.25, 0.3) is 0 Å². The molecule has 0 aliphatic rings. The molecule has 4 nitrogen and oxygen atoms in total. The highest BCUT2D eigenvalue weighted by Gasteiger charge is 2.08. The van der Waals surface area contributed by atoms with Crippen molar-refractivity contribution in [3.05, 3.63) is 42.5 Å². The first-order valence-electron chi connectivity index (χ1n) is 8.85. The van der Waals surface area contributed by atoms with Gasteiger partial charge in [-0.3, -0.25) is 4.79 Å². The number of carbonyl (C=O) groups excluding carboxylic acids is 2. The Kier molecular flexibility index (Phi) is 10.3. The van der Waals surface area contributed by atoms with E-state index in [0.717, 1.165) is 19.3 Å². The first-order chi connectivity index (χ1) is 11.7. The molecular weight excluding hydrogens is 302 g/mol. The number of carbonyl (C=O) groups is 2. The van der Waals surface area contributed by atoms with E-state index in [1.165, 1.54) is 25.7 Å². The molecule has 0 aromatic heterocycles. The second-order valence-corrected chi connectivity index (χ2v) is 5.80. The molecular formula is C20H29NO3. The lowest BCUT2D eigenvalue weighted by atomic mass is 10.1. The van der Waals surface area contributed by atoms with Gasteiger partial charge in [-0.2, -0.15) is 0 Å². The summed E-state index contributed by atoms with van der Waals surface area (Å²) in [5.74, 6) is -0.382. The van der Waals surface area contributed by atoms with E-state index in [1.807, 2.05) is 6.08 Å². The second-order valence-electron chi connectivity index (χ2n) is 5.80. The van der Waals surface area contributed by atoms with Crippen molar-refractivity contribution in [2.75, 3.05) is 11.9 Å². The number of unbranched alkanes of at least 4 members (excludes halogenated alkanes) is 6. The minimum absolute atomic E-state index is 0.0114. The number of allylic oxidation sites excluding steroid dienone is 1. The highest BCUT2D eigenvalue weighted by atomic mass is 16.5. The number of benzene rings is 1. The lowest BCUT2D eigenvalue weighted by Crippen LogP contribution is -2.12. The molecule has 1 rings (SSSR count).